The maximum absolute atomic E-state index is 7.58. The Morgan fingerprint density at radius 1 is 0.464 bits per heavy atom. The molecule has 5 heterocycles. The summed E-state index contributed by atoms with van der Waals surface area (Å²) in [7, 11) is 0. The molecule has 12 aromatic rings. The predicted octanol–water partition coefficient (Wildman–Crippen LogP) is 13.4. The molecule has 0 N–H and O–H groups in total. The highest BCUT2D eigenvalue weighted by Gasteiger charge is 2.20. The first-order valence-electron chi connectivity index (χ1n) is 18.9. The SMILES string of the molecule is [C-]#[N+]c1ccc2c(c1)c1ccccc1n2-c1ccnc2c1oc1ccc(CCc3ccc4c(c3)c3ccccc3n4-c3cccc4c3oc3ccccc34)cc12. The highest BCUT2D eigenvalue weighted by atomic mass is 16.3. The van der Waals surface area contributed by atoms with Gasteiger partial charge in [-0.1, -0.05) is 84.9 Å². The normalized spacial score (nSPS) is 12.1. The second-order valence-corrected chi connectivity index (χ2v) is 14.6. The van der Waals surface area contributed by atoms with Crippen molar-refractivity contribution in [2.75, 3.05) is 0 Å². The van der Waals surface area contributed by atoms with Crippen LogP contribution in [0.1, 0.15) is 11.1 Å². The van der Waals surface area contributed by atoms with E-state index in [0.717, 1.165) is 101 Å². The number of nitrogens with zero attached hydrogens (tertiary/aromatic N) is 4. The van der Waals surface area contributed by atoms with Crippen LogP contribution in [-0.4, -0.2) is 14.1 Å². The van der Waals surface area contributed by atoms with Crippen LogP contribution < -0.4 is 0 Å². The number of furan rings is 2. The van der Waals surface area contributed by atoms with E-state index in [9.17, 15) is 0 Å². The largest absolute Gasteiger partial charge is 0.454 e. The monoisotopic (exact) mass is 718 g/mol. The number of benzene rings is 7. The van der Waals surface area contributed by atoms with E-state index < -0.39 is 0 Å². The van der Waals surface area contributed by atoms with Crippen molar-refractivity contribution >= 4 is 93.3 Å². The zero-order valence-corrected chi connectivity index (χ0v) is 30.0. The van der Waals surface area contributed by atoms with Gasteiger partial charge in [0, 0.05) is 38.5 Å². The lowest BCUT2D eigenvalue weighted by Crippen LogP contribution is -1.95. The minimum Gasteiger partial charge on any atom is -0.454 e. The van der Waals surface area contributed by atoms with E-state index in [-0.39, 0.29) is 0 Å². The van der Waals surface area contributed by atoms with E-state index in [0.29, 0.717) is 5.69 Å². The third kappa shape index (κ3) is 4.40. The molecular weight excluding hydrogens is 689 g/mol. The number of rotatable bonds is 5. The summed E-state index contributed by atoms with van der Waals surface area (Å²) in [6.07, 6.45) is 3.64. The van der Waals surface area contributed by atoms with Gasteiger partial charge in [-0.2, -0.15) is 0 Å². The first-order chi connectivity index (χ1) is 27.7. The van der Waals surface area contributed by atoms with Crippen molar-refractivity contribution in [1.29, 1.82) is 0 Å². The molecule has 0 aliphatic carbocycles. The number of hydrogen-bond donors (Lipinski definition) is 0. The second kappa shape index (κ2) is 11.7. The molecule has 0 fully saturated rings. The van der Waals surface area contributed by atoms with Crippen LogP contribution in [0.15, 0.2) is 167 Å². The molecule has 6 heteroatoms. The summed E-state index contributed by atoms with van der Waals surface area (Å²) >= 11 is 0. The fourth-order valence-electron chi connectivity index (χ4n) is 8.95. The van der Waals surface area contributed by atoms with E-state index in [1.165, 1.54) is 21.9 Å². The van der Waals surface area contributed by atoms with Crippen LogP contribution in [-0.2, 0) is 12.8 Å². The van der Waals surface area contributed by atoms with Gasteiger partial charge in [0.25, 0.3) is 0 Å². The van der Waals surface area contributed by atoms with E-state index in [1.807, 2.05) is 48.7 Å². The van der Waals surface area contributed by atoms with Gasteiger partial charge in [-0.25, -0.2) is 4.85 Å². The smallest absolute Gasteiger partial charge is 0.188 e. The number of hydrogen-bond acceptors (Lipinski definition) is 3. The summed E-state index contributed by atoms with van der Waals surface area (Å²) in [4.78, 5) is 8.54. The summed E-state index contributed by atoms with van der Waals surface area (Å²) in [5, 5.41) is 7.86. The number of aryl methyl sites for hydroxylation is 2. The van der Waals surface area contributed by atoms with Gasteiger partial charge in [-0.3, -0.25) is 4.98 Å². The Morgan fingerprint density at radius 2 is 1.04 bits per heavy atom. The minimum absolute atomic E-state index is 0.625. The molecule has 12 rings (SSSR count). The quantitative estimate of drug-likeness (QED) is 0.167. The Hall–Kier alpha value is -7.62. The van der Waals surface area contributed by atoms with Gasteiger partial charge in [-0.05, 0) is 96.1 Å². The fourth-order valence-corrected chi connectivity index (χ4v) is 8.95. The Morgan fingerprint density at radius 3 is 1.80 bits per heavy atom. The van der Waals surface area contributed by atoms with E-state index in [1.54, 1.807) is 0 Å². The van der Waals surface area contributed by atoms with Crippen molar-refractivity contribution in [1.82, 2.24) is 14.1 Å². The van der Waals surface area contributed by atoms with Crippen molar-refractivity contribution in [2.45, 2.75) is 12.8 Å². The van der Waals surface area contributed by atoms with Gasteiger partial charge < -0.3 is 18.0 Å². The Bertz CT molecular complexity index is 3630. The Labute approximate surface area is 319 Å². The molecule has 0 bridgehead atoms. The predicted molar refractivity (Wildman–Crippen MR) is 228 cm³/mol. The molecule has 0 saturated carbocycles. The van der Waals surface area contributed by atoms with Crippen LogP contribution in [0.4, 0.5) is 5.69 Å². The third-order valence-corrected chi connectivity index (χ3v) is 11.5. The highest BCUT2D eigenvalue weighted by molar-refractivity contribution is 6.14. The lowest BCUT2D eigenvalue weighted by molar-refractivity contribution is 0.665. The molecule has 0 radical (unpaired) electrons. The Kier molecular flexibility index (Phi) is 6.43. The topological polar surface area (TPSA) is 53.4 Å². The van der Waals surface area contributed by atoms with Crippen LogP contribution in [0.2, 0.25) is 0 Å². The molecule has 0 aliphatic heterocycles. The molecule has 262 valence electrons. The van der Waals surface area contributed by atoms with Gasteiger partial charge in [0.05, 0.1) is 40.0 Å². The van der Waals surface area contributed by atoms with E-state index in [2.05, 4.69) is 123 Å². The fraction of sp³-hybridized carbons (Fsp3) is 0.0400. The zero-order valence-electron chi connectivity index (χ0n) is 30.0. The van der Waals surface area contributed by atoms with Crippen molar-refractivity contribution in [3.05, 3.63) is 180 Å². The average molecular weight is 719 g/mol. The summed E-state index contributed by atoms with van der Waals surface area (Å²) in [6.45, 7) is 7.58. The molecule has 0 spiro atoms. The average Bonchev–Trinajstić information content (AvgIpc) is 4.00. The molecule has 0 aliphatic rings. The zero-order chi connectivity index (χ0) is 36.9. The maximum atomic E-state index is 7.58. The highest BCUT2D eigenvalue weighted by Crippen LogP contribution is 2.40. The molecule has 56 heavy (non-hydrogen) atoms. The van der Waals surface area contributed by atoms with Crippen molar-refractivity contribution in [3.8, 4) is 11.4 Å². The van der Waals surface area contributed by atoms with Gasteiger partial charge in [0.15, 0.2) is 16.9 Å². The van der Waals surface area contributed by atoms with E-state index >= 15 is 0 Å². The summed E-state index contributed by atoms with van der Waals surface area (Å²) in [5.74, 6) is 0. The van der Waals surface area contributed by atoms with Gasteiger partial charge in [0.1, 0.15) is 16.7 Å². The van der Waals surface area contributed by atoms with Crippen LogP contribution in [0.25, 0.3) is 104 Å². The third-order valence-electron chi connectivity index (χ3n) is 11.5. The van der Waals surface area contributed by atoms with Gasteiger partial charge in [-0.15, -0.1) is 0 Å². The number of aromatic nitrogens is 3. The lowest BCUT2D eigenvalue weighted by Gasteiger charge is -2.09. The number of fused-ring (bicyclic) bond motifs is 12. The molecule has 7 aromatic carbocycles. The second-order valence-electron chi connectivity index (χ2n) is 14.6. The number of pyridine rings is 1. The molecule has 0 amide bonds. The standard InChI is InChI=1S/C50H30N4O2/c1-51-32-21-23-43-38(29-32)34-10-3-6-14-41(34)54(43)45-25-26-52-48-39-28-31(20-24-47(39)56-50(45)48)18-17-30-19-22-42-37(27-30)33-9-2-5-13-40(33)53(42)44-15-8-12-36-35-11-4-7-16-46(35)55-49(36)44/h2-16,19-29H,17-18H2. The summed E-state index contributed by atoms with van der Waals surface area (Å²) in [6, 6.07) is 53.0. The maximum Gasteiger partial charge on any atom is 0.188 e. The van der Waals surface area contributed by atoms with Crippen LogP contribution in [0.3, 0.4) is 0 Å². The summed E-state index contributed by atoms with van der Waals surface area (Å²) < 4.78 is 17.7. The molecule has 5 aromatic heterocycles. The molecule has 0 unspecified atom stereocenters. The van der Waals surface area contributed by atoms with Gasteiger partial charge >= 0.3 is 0 Å². The van der Waals surface area contributed by atoms with Gasteiger partial charge in [0.2, 0.25) is 0 Å². The molecular formula is C50H30N4O2. The van der Waals surface area contributed by atoms with Crippen molar-refractivity contribution < 1.29 is 8.83 Å². The minimum atomic E-state index is 0.625. The van der Waals surface area contributed by atoms with E-state index in [4.69, 9.17) is 20.4 Å². The number of para-hydroxylation sites is 4. The summed E-state index contributed by atoms with van der Waals surface area (Å²) in [5.41, 5.74) is 13.7. The first-order valence-corrected chi connectivity index (χ1v) is 18.9. The first kappa shape index (κ1) is 30.8. The van der Waals surface area contributed by atoms with Crippen LogP contribution in [0.5, 0.6) is 0 Å². The van der Waals surface area contributed by atoms with Crippen molar-refractivity contribution in [2.24, 2.45) is 0 Å². The molecule has 0 saturated heterocycles. The Balaban J connectivity index is 0.922. The van der Waals surface area contributed by atoms with Crippen LogP contribution >= 0.6 is 0 Å². The lowest BCUT2D eigenvalue weighted by atomic mass is 10.0. The van der Waals surface area contributed by atoms with Crippen molar-refractivity contribution in [3.63, 3.8) is 0 Å². The molecule has 0 atom stereocenters. The molecule has 6 nitrogen and oxygen atoms in total. The van der Waals surface area contributed by atoms with Crippen LogP contribution in [0, 0.1) is 6.57 Å².